The predicted octanol–water partition coefficient (Wildman–Crippen LogP) is 6.22. The maximum Gasteiger partial charge on any atom is 0.0454 e. The van der Waals surface area contributed by atoms with Gasteiger partial charge in [0, 0.05) is 20.3 Å². The van der Waals surface area contributed by atoms with Crippen LogP contribution in [-0.4, -0.2) is 6.54 Å². The Hall–Kier alpha value is 0.140. The molecule has 1 N–H and O–H groups in total. The summed E-state index contributed by atoms with van der Waals surface area (Å²) in [6.45, 7) is 5.61. The SMILES string of the molecule is CCCNC(c1sc(C)cc1Br)C1CCCCCCC1. The van der Waals surface area contributed by atoms with Gasteiger partial charge in [-0.15, -0.1) is 11.3 Å². The van der Waals surface area contributed by atoms with E-state index in [9.17, 15) is 0 Å². The molecule has 1 unspecified atom stereocenters. The molecule has 114 valence electrons. The number of rotatable bonds is 5. The molecular formula is C17H28BrNS. The smallest absolute Gasteiger partial charge is 0.0454 e. The zero-order valence-corrected chi connectivity index (χ0v) is 15.3. The molecule has 1 nitrogen and oxygen atoms in total. The number of thiophene rings is 1. The summed E-state index contributed by atoms with van der Waals surface area (Å²) < 4.78 is 1.32. The summed E-state index contributed by atoms with van der Waals surface area (Å²) >= 11 is 5.75. The number of nitrogens with one attached hydrogen (secondary N) is 1. The molecule has 0 bridgehead atoms. The van der Waals surface area contributed by atoms with Crippen LogP contribution in [0.1, 0.15) is 74.1 Å². The van der Waals surface area contributed by atoms with Crippen molar-refractivity contribution in [2.24, 2.45) is 5.92 Å². The highest BCUT2D eigenvalue weighted by Gasteiger charge is 2.26. The van der Waals surface area contributed by atoms with Gasteiger partial charge in [-0.2, -0.15) is 0 Å². The lowest BCUT2D eigenvalue weighted by Crippen LogP contribution is -2.29. The van der Waals surface area contributed by atoms with Crippen molar-refractivity contribution in [1.29, 1.82) is 0 Å². The first-order valence-electron chi connectivity index (χ1n) is 8.21. The minimum absolute atomic E-state index is 0.557. The number of halogens is 1. The van der Waals surface area contributed by atoms with Gasteiger partial charge in [-0.25, -0.2) is 0 Å². The van der Waals surface area contributed by atoms with Crippen molar-refractivity contribution >= 4 is 27.3 Å². The van der Waals surface area contributed by atoms with Gasteiger partial charge in [0.25, 0.3) is 0 Å². The summed E-state index contributed by atoms with van der Waals surface area (Å²) in [6, 6.07) is 2.84. The molecule has 1 aromatic rings. The highest BCUT2D eigenvalue weighted by Crippen LogP contribution is 2.40. The summed E-state index contributed by atoms with van der Waals surface area (Å²) in [5, 5.41) is 3.84. The maximum absolute atomic E-state index is 3.84. The van der Waals surface area contributed by atoms with E-state index in [-0.39, 0.29) is 0 Å². The molecule has 2 rings (SSSR count). The molecule has 1 aromatic heterocycles. The fourth-order valence-electron chi connectivity index (χ4n) is 3.31. The maximum atomic E-state index is 3.84. The quantitative estimate of drug-likeness (QED) is 0.659. The van der Waals surface area contributed by atoms with Crippen LogP contribution >= 0.6 is 27.3 Å². The number of hydrogen-bond acceptors (Lipinski definition) is 2. The number of aryl methyl sites for hydroxylation is 1. The molecule has 0 spiro atoms. The van der Waals surface area contributed by atoms with Gasteiger partial charge in [0.05, 0.1) is 0 Å². The molecule has 0 aromatic carbocycles. The van der Waals surface area contributed by atoms with Crippen LogP contribution in [0, 0.1) is 12.8 Å². The largest absolute Gasteiger partial charge is 0.309 e. The zero-order chi connectivity index (χ0) is 14.4. The average molecular weight is 358 g/mol. The van der Waals surface area contributed by atoms with E-state index in [0.29, 0.717) is 6.04 Å². The van der Waals surface area contributed by atoms with E-state index in [4.69, 9.17) is 0 Å². The molecular weight excluding hydrogens is 330 g/mol. The molecule has 0 amide bonds. The van der Waals surface area contributed by atoms with Gasteiger partial charge in [0.1, 0.15) is 0 Å². The van der Waals surface area contributed by atoms with Crippen molar-refractivity contribution in [3.8, 4) is 0 Å². The Bertz CT molecular complexity index is 394. The summed E-state index contributed by atoms with van der Waals surface area (Å²) in [5.74, 6) is 0.816. The summed E-state index contributed by atoms with van der Waals surface area (Å²) in [7, 11) is 0. The Kier molecular flexibility index (Phi) is 7.06. The van der Waals surface area contributed by atoms with Gasteiger partial charge < -0.3 is 5.32 Å². The molecule has 1 saturated carbocycles. The van der Waals surface area contributed by atoms with Crippen LogP contribution < -0.4 is 5.32 Å². The summed E-state index contributed by atoms with van der Waals surface area (Å²) in [4.78, 5) is 2.95. The van der Waals surface area contributed by atoms with Gasteiger partial charge in [-0.3, -0.25) is 0 Å². The Morgan fingerprint density at radius 3 is 2.45 bits per heavy atom. The Morgan fingerprint density at radius 2 is 1.90 bits per heavy atom. The topological polar surface area (TPSA) is 12.0 Å². The first-order valence-corrected chi connectivity index (χ1v) is 9.82. The van der Waals surface area contributed by atoms with Crippen LogP contribution in [0.15, 0.2) is 10.5 Å². The summed E-state index contributed by atoms with van der Waals surface area (Å²) in [5.41, 5.74) is 0. The van der Waals surface area contributed by atoms with E-state index in [1.807, 2.05) is 11.3 Å². The molecule has 0 saturated heterocycles. The molecule has 1 heterocycles. The van der Waals surface area contributed by atoms with Crippen LogP contribution in [-0.2, 0) is 0 Å². The van der Waals surface area contributed by atoms with E-state index in [0.717, 1.165) is 12.5 Å². The van der Waals surface area contributed by atoms with Crippen LogP contribution in [0.5, 0.6) is 0 Å². The average Bonchev–Trinajstić information content (AvgIpc) is 2.71. The first kappa shape index (κ1) is 16.5. The Balaban J connectivity index is 2.14. The molecule has 1 atom stereocenters. The molecule has 20 heavy (non-hydrogen) atoms. The van der Waals surface area contributed by atoms with Crippen LogP contribution in [0.2, 0.25) is 0 Å². The number of hydrogen-bond donors (Lipinski definition) is 1. The molecule has 0 aliphatic heterocycles. The van der Waals surface area contributed by atoms with Crippen LogP contribution in [0.3, 0.4) is 0 Å². The Labute approximate surface area is 136 Å². The lowest BCUT2D eigenvalue weighted by atomic mass is 9.85. The third kappa shape index (κ3) is 4.57. The van der Waals surface area contributed by atoms with E-state index in [2.05, 4.69) is 41.2 Å². The van der Waals surface area contributed by atoms with Crippen molar-refractivity contribution in [2.45, 2.75) is 71.3 Å². The lowest BCUT2D eigenvalue weighted by Gasteiger charge is -2.29. The van der Waals surface area contributed by atoms with E-state index < -0.39 is 0 Å². The second kappa shape index (κ2) is 8.55. The minimum Gasteiger partial charge on any atom is -0.309 e. The monoisotopic (exact) mass is 357 g/mol. The molecule has 3 heteroatoms. The van der Waals surface area contributed by atoms with E-state index in [1.165, 1.54) is 65.6 Å². The van der Waals surface area contributed by atoms with Crippen molar-refractivity contribution in [2.75, 3.05) is 6.54 Å². The van der Waals surface area contributed by atoms with Crippen molar-refractivity contribution in [3.63, 3.8) is 0 Å². The van der Waals surface area contributed by atoms with Gasteiger partial charge in [0.15, 0.2) is 0 Å². The fourth-order valence-corrected chi connectivity index (χ4v) is 5.37. The molecule has 0 radical (unpaired) electrons. The van der Waals surface area contributed by atoms with Crippen LogP contribution in [0.25, 0.3) is 0 Å². The normalized spacial score (nSPS) is 19.6. The predicted molar refractivity (Wildman–Crippen MR) is 93.6 cm³/mol. The van der Waals surface area contributed by atoms with Crippen molar-refractivity contribution < 1.29 is 0 Å². The van der Waals surface area contributed by atoms with Gasteiger partial charge in [-0.1, -0.05) is 39.0 Å². The van der Waals surface area contributed by atoms with Gasteiger partial charge >= 0.3 is 0 Å². The molecule has 1 aliphatic carbocycles. The second-order valence-corrected chi connectivity index (χ2v) is 8.25. The third-order valence-corrected chi connectivity index (χ3v) is 6.41. The first-order chi connectivity index (χ1) is 9.72. The fraction of sp³-hybridized carbons (Fsp3) is 0.765. The van der Waals surface area contributed by atoms with E-state index in [1.54, 1.807) is 0 Å². The third-order valence-electron chi connectivity index (χ3n) is 4.35. The second-order valence-electron chi connectivity index (χ2n) is 6.11. The molecule has 1 aliphatic rings. The van der Waals surface area contributed by atoms with Gasteiger partial charge in [-0.05, 0) is 60.6 Å². The summed E-state index contributed by atoms with van der Waals surface area (Å²) in [6.07, 6.45) is 11.1. The van der Waals surface area contributed by atoms with Crippen molar-refractivity contribution in [1.82, 2.24) is 5.32 Å². The van der Waals surface area contributed by atoms with E-state index >= 15 is 0 Å². The highest BCUT2D eigenvalue weighted by atomic mass is 79.9. The lowest BCUT2D eigenvalue weighted by molar-refractivity contribution is 0.291. The standard InChI is InChI=1S/C17H28BrNS/c1-3-11-19-16(17-15(18)12-13(2)20-17)14-9-7-5-4-6-8-10-14/h12,14,16,19H,3-11H2,1-2H3. The Morgan fingerprint density at radius 1 is 1.25 bits per heavy atom. The highest BCUT2D eigenvalue weighted by molar-refractivity contribution is 9.10. The van der Waals surface area contributed by atoms with Gasteiger partial charge in [0.2, 0.25) is 0 Å². The minimum atomic E-state index is 0.557. The molecule has 1 fully saturated rings. The zero-order valence-electron chi connectivity index (χ0n) is 12.9. The van der Waals surface area contributed by atoms with Crippen LogP contribution in [0.4, 0.5) is 0 Å². The van der Waals surface area contributed by atoms with Crippen molar-refractivity contribution in [3.05, 3.63) is 20.3 Å².